The molecule has 2 amide bonds. The van der Waals surface area contributed by atoms with E-state index in [2.05, 4.69) is 10.6 Å². The maximum Gasteiger partial charge on any atom is 0.331 e. The van der Waals surface area contributed by atoms with Gasteiger partial charge in [0.15, 0.2) is 6.61 Å². The number of benzene rings is 2. The predicted molar refractivity (Wildman–Crippen MR) is 117 cm³/mol. The number of nitrogens with one attached hydrogen (secondary N) is 2. The Morgan fingerprint density at radius 3 is 2.32 bits per heavy atom. The van der Waals surface area contributed by atoms with E-state index in [4.69, 9.17) is 4.74 Å². The van der Waals surface area contributed by atoms with Crippen molar-refractivity contribution in [2.75, 3.05) is 18.5 Å². The van der Waals surface area contributed by atoms with Crippen molar-refractivity contribution in [1.82, 2.24) is 14.5 Å². The molecule has 162 valence electrons. The summed E-state index contributed by atoms with van der Waals surface area (Å²) in [5, 5.41) is 5.74. The van der Waals surface area contributed by atoms with Gasteiger partial charge in [-0.2, -0.15) is 0 Å². The Bertz CT molecular complexity index is 1210. The van der Waals surface area contributed by atoms with Gasteiger partial charge in [-0.1, -0.05) is 12.1 Å². The van der Waals surface area contributed by atoms with Crippen molar-refractivity contribution in [1.29, 1.82) is 0 Å². The largest absolute Gasteiger partial charge is 0.484 e. The van der Waals surface area contributed by atoms with E-state index in [1.54, 1.807) is 55.5 Å². The average molecular weight is 424 g/mol. The van der Waals surface area contributed by atoms with E-state index >= 15 is 0 Å². The Morgan fingerprint density at radius 2 is 1.65 bits per heavy atom. The average Bonchev–Trinajstić information content (AvgIpc) is 2.77. The lowest BCUT2D eigenvalue weighted by Crippen LogP contribution is -2.41. The van der Waals surface area contributed by atoms with Gasteiger partial charge in [-0.25, -0.2) is 4.79 Å². The normalized spacial score (nSPS) is 10.6. The number of carbonyl (C=O) groups excluding carboxylic acids is 2. The van der Waals surface area contributed by atoms with Crippen LogP contribution in [0.5, 0.6) is 5.75 Å². The number of rotatable bonds is 8. The molecule has 2 aromatic carbocycles. The highest BCUT2D eigenvalue weighted by Crippen LogP contribution is 2.16. The van der Waals surface area contributed by atoms with Gasteiger partial charge in [-0.15, -0.1) is 0 Å². The van der Waals surface area contributed by atoms with Crippen LogP contribution in [0.3, 0.4) is 0 Å². The molecule has 1 aromatic heterocycles. The fourth-order valence-corrected chi connectivity index (χ4v) is 3.18. The van der Waals surface area contributed by atoms with Gasteiger partial charge in [0, 0.05) is 18.8 Å². The predicted octanol–water partition coefficient (Wildman–Crippen LogP) is 1.34. The summed E-state index contributed by atoms with van der Waals surface area (Å²) in [4.78, 5) is 49.3. The van der Waals surface area contributed by atoms with E-state index < -0.39 is 11.6 Å². The highest BCUT2D eigenvalue weighted by molar-refractivity contribution is 5.91. The van der Waals surface area contributed by atoms with E-state index in [-0.39, 0.29) is 31.2 Å². The second-order valence-electron chi connectivity index (χ2n) is 6.75. The van der Waals surface area contributed by atoms with Gasteiger partial charge in [0.25, 0.3) is 11.5 Å². The van der Waals surface area contributed by atoms with E-state index in [9.17, 15) is 19.2 Å². The molecule has 0 unspecified atom stereocenters. The molecule has 0 saturated carbocycles. The highest BCUT2D eigenvalue weighted by Gasteiger charge is 2.14. The number of ether oxygens (including phenoxy) is 1. The first-order valence-electron chi connectivity index (χ1n) is 9.96. The first kappa shape index (κ1) is 21.8. The fourth-order valence-electron chi connectivity index (χ4n) is 3.18. The van der Waals surface area contributed by atoms with Gasteiger partial charge in [0.05, 0.1) is 10.9 Å². The monoisotopic (exact) mass is 424 g/mol. The minimum absolute atomic E-state index is 0.0946. The summed E-state index contributed by atoms with van der Waals surface area (Å²) >= 11 is 0. The summed E-state index contributed by atoms with van der Waals surface area (Å²) in [5.41, 5.74) is 0.0152. The summed E-state index contributed by atoms with van der Waals surface area (Å²) in [6.45, 7) is 3.93. The second-order valence-corrected chi connectivity index (χ2v) is 6.75. The van der Waals surface area contributed by atoms with Crippen LogP contribution in [-0.2, 0) is 22.7 Å². The van der Waals surface area contributed by atoms with Crippen LogP contribution in [0.4, 0.5) is 5.69 Å². The number of carbonyl (C=O) groups is 2. The zero-order valence-electron chi connectivity index (χ0n) is 17.4. The molecule has 0 bridgehead atoms. The van der Waals surface area contributed by atoms with Crippen molar-refractivity contribution in [2.24, 2.45) is 0 Å². The molecule has 0 saturated heterocycles. The number of likely N-dealkylation sites (N-methyl/N-ethyl adjacent to an activating group) is 1. The Kier molecular flexibility index (Phi) is 6.86. The Balaban J connectivity index is 1.74. The number of nitrogens with zero attached hydrogens (tertiary/aromatic N) is 2. The Morgan fingerprint density at radius 1 is 0.935 bits per heavy atom. The summed E-state index contributed by atoms with van der Waals surface area (Å²) in [6.07, 6.45) is 0. The number of para-hydroxylation sites is 1. The maximum absolute atomic E-state index is 12.7. The summed E-state index contributed by atoms with van der Waals surface area (Å²) in [6, 6.07) is 13.3. The first-order valence-corrected chi connectivity index (χ1v) is 9.96. The molecule has 0 atom stereocenters. The van der Waals surface area contributed by atoms with Crippen molar-refractivity contribution in [3.8, 4) is 5.75 Å². The van der Waals surface area contributed by atoms with Crippen LogP contribution in [0.2, 0.25) is 0 Å². The van der Waals surface area contributed by atoms with Crippen molar-refractivity contribution < 1.29 is 14.3 Å². The van der Waals surface area contributed by atoms with Gasteiger partial charge in [-0.05, 0) is 50.2 Å². The highest BCUT2D eigenvalue weighted by atomic mass is 16.5. The van der Waals surface area contributed by atoms with Crippen LogP contribution in [0.15, 0.2) is 58.1 Å². The van der Waals surface area contributed by atoms with Crippen molar-refractivity contribution in [3.63, 3.8) is 0 Å². The van der Waals surface area contributed by atoms with Gasteiger partial charge in [-0.3, -0.25) is 23.5 Å². The molecule has 1 heterocycles. The molecule has 0 aliphatic rings. The van der Waals surface area contributed by atoms with Gasteiger partial charge in [0.2, 0.25) is 5.91 Å². The molecule has 3 rings (SSSR count). The third kappa shape index (κ3) is 5.00. The molecule has 31 heavy (non-hydrogen) atoms. The lowest BCUT2D eigenvalue weighted by atomic mass is 10.2. The van der Waals surface area contributed by atoms with Crippen molar-refractivity contribution in [2.45, 2.75) is 26.9 Å². The van der Waals surface area contributed by atoms with Crippen LogP contribution >= 0.6 is 0 Å². The number of amides is 2. The number of fused-ring (bicyclic) bond motifs is 1. The molecule has 0 aliphatic heterocycles. The molecular formula is C22H24N4O5. The number of hydrogen-bond donors (Lipinski definition) is 2. The molecule has 0 fully saturated rings. The van der Waals surface area contributed by atoms with Crippen LogP contribution in [0.1, 0.15) is 13.8 Å². The topological polar surface area (TPSA) is 111 Å². The summed E-state index contributed by atoms with van der Waals surface area (Å²) in [7, 11) is 0. The maximum atomic E-state index is 12.7. The van der Waals surface area contributed by atoms with Crippen LogP contribution in [0.25, 0.3) is 10.9 Å². The fraction of sp³-hybridized carbons (Fsp3) is 0.273. The number of hydrogen-bond acceptors (Lipinski definition) is 5. The quantitative estimate of drug-likeness (QED) is 0.567. The molecular weight excluding hydrogens is 400 g/mol. The van der Waals surface area contributed by atoms with E-state index in [0.717, 1.165) is 4.57 Å². The van der Waals surface area contributed by atoms with Crippen molar-refractivity contribution >= 4 is 28.4 Å². The first-order chi connectivity index (χ1) is 14.9. The lowest BCUT2D eigenvalue weighted by molar-refractivity contribution is -0.123. The molecule has 2 N–H and O–H groups in total. The number of aromatic nitrogens is 2. The molecule has 0 radical (unpaired) electrons. The van der Waals surface area contributed by atoms with Crippen LogP contribution in [-0.4, -0.2) is 34.1 Å². The van der Waals surface area contributed by atoms with Crippen LogP contribution in [0, 0.1) is 0 Å². The molecule has 9 nitrogen and oxygen atoms in total. The third-order valence-electron chi connectivity index (χ3n) is 4.63. The third-order valence-corrected chi connectivity index (χ3v) is 4.63. The molecule has 9 heteroatoms. The van der Waals surface area contributed by atoms with E-state index in [1.165, 1.54) is 4.57 Å². The SMILES string of the molecule is CCNC(=O)COc1ccc(NC(=O)Cn2c(=O)n(CC)c(=O)c3ccccc32)cc1. The van der Waals surface area contributed by atoms with E-state index in [0.29, 0.717) is 28.9 Å². The molecule has 0 spiro atoms. The van der Waals surface area contributed by atoms with Crippen LogP contribution < -0.4 is 26.6 Å². The Hall–Kier alpha value is -3.88. The zero-order valence-corrected chi connectivity index (χ0v) is 17.4. The summed E-state index contributed by atoms with van der Waals surface area (Å²) in [5.74, 6) is -0.142. The number of anilines is 1. The zero-order chi connectivity index (χ0) is 22.4. The van der Waals surface area contributed by atoms with E-state index in [1.807, 2.05) is 6.92 Å². The molecule has 3 aromatic rings. The molecule has 0 aliphatic carbocycles. The second kappa shape index (κ2) is 9.75. The standard InChI is InChI=1S/C22H24N4O5/c1-3-23-20(28)14-31-16-11-9-15(10-12-16)24-19(27)13-26-18-8-6-5-7-17(18)21(29)25(4-2)22(26)30/h5-12H,3-4,13-14H2,1-2H3,(H,23,28)(H,24,27). The minimum atomic E-state index is -0.532. The van der Waals surface area contributed by atoms with Gasteiger partial charge in [0.1, 0.15) is 12.3 Å². The lowest BCUT2D eigenvalue weighted by Gasteiger charge is -2.13. The minimum Gasteiger partial charge on any atom is -0.484 e. The van der Waals surface area contributed by atoms with Gasteiger partial charge < -0.3 is 15.4 Å². The van der Waals surface area contributed by atoms with Gasteiger partial charge >= 0.3 is 5.69 Å². The Labute approximate surface area is 178 Å². The smallest absolute Gasteiger partial charge is 0.331 e. The van der Waals surface area contributed by atoms with Crippen molar-refractivity contribution in [3.05, 3.63) is 69.4 Å². The summed E-state index contributed by atoms with van der Waals surface area (Å²) < 4.78 is 7.77.